The van der Waals surface area contributed by atoms with Crippen molar-refractivity contribution in [2.75, 3.05) is 40.3 Å². The van der Waals surface area contributed by atoms with Gasteiger partial charge >= 0.3 is 0 Å². The molecule has 2 heterocycles. The number of benzene rings is 5. The maximum Gasteiger partial charge on any atom is 0.261 e. The van der Waals surface area contributed by atoms with Gasteiger partial charge in [0, 0.05) is 52.7 Å². The van der Waals surface area contributed by atoms with Gasteiger partial charge in [-0.2, -0.15) is 0 Å². The van der Waals surface area contributed by atoms with Gasteiger partial charge in [0.05, 0.1) is 0 Å². The van der Waals surface area contributed by atoms with Crippen molar-refractivity contribution in [1.29, 1.82) is 0 Å². The van der Waals surface area contributed by atoms with Crippen LogP contribution in [0, 0.1) is 0 Å². The Kier molecular flexibility index (Phi) is 6.80. The van der Waals surface area contributed by atoms with E-state index < -0.39 is 0 Å². The van der Waals surface area contributed by atoms with Crippen molar-refractivity contribution in [3.05, 3.63) is 70.8 Å². The van der Waals surface area contributed by atoms with E-state index in [9.17, 15) is 19.2 Å². The molecule has 2 aliphatic rings. The number of fused-ring (bicyclic) bond motifs is 2. The lowest BCUT2D eigenvalue weighted by Gasteiger charge is -2.30. The third-order valence-corrected chi connectivity index (χ3v) is 8.14. The molecule has 0 saturated heterocycles. The van der Waals surface area contributed by atoms with E-state index >= 15 is 0 Å². The van der Waals surface area contributed by atoms with Crippen LogP contribution in [0.1, 0.15) is 62.7 Å². The number of rotatable bonds is 6. The molecule has 8 heteroatoms. The quantitative estimate of drug-likeness (QED) is 0.179. The summed E-state index contributed by atoms with van der Waals surface area (Å²) in [5, 5.41) is 6.53. The van der Waals surface area contributed by atoms with Gasteiger partial charge in [-0.15, -0.1) is 0 Å². The highest BCUT2D eigenvalue weighted by Gasteiger charge is 2.36. The van der Waals surface area contributed by atoms with E-state index in [-0.39, 0.29) is 51.6 Å². The summed E-state index contributed by atoms with van der Waals surface area (Å²) in [6.07, 6.45) is 0.694. The Bertz CT molecular complexity index is 1810. The number of hydrogen-bond acceptors (Lipinski definition) is 6. The summed E-state index contributed by atoms with van der Waals surface area (Å²) in [6.45, 7) is 1.48. The molecule has 2 N–H and O–H groups in total. The Labute approximate surface area is 238 Å². The van der Waals surface area contributed by atoms with Crippen LogP contribution in [0.3, 0.4) is 0 Å². The number of imide groups is 2. The molecule has 41 heavy (non-hydrogen) atoms. The second kappa shape index (κ2) is 9.90. The van der Waals surface area contributed by atoms with Crippen molar-refractivity contribution >= 4 is 66.7 Å². The van der Waals surface area contributed by atoms with Crippen LogP contribution in [-0.4, -0.2) is 78.6 Å². The van der Waals surface area contributed by atoms with E-state index in [1.807, 2.05) is 43.3 Å². The number of nitrogens with zero attached hydrogens (tertiary/aromatic N) is 3. The highest BCUT2D eigenvalue weighted by atomic mass is 16.2. The second-order valence-electron chi connectivity index (χ2n) is 10.6. The molecule has 8 nitrogen and oxygen atoms in total. The van der Waals surface area contributed by atoms with Crippen LogP contribution >= 0.6 is 0 Å². The second-order valence-corrected chi connectivity index (χ2v) is 10.6. The monoisotopic (exact) mass is 550 g/mol. The molecule has 2 aliphatic heterocycles. The predicted octanol–water partition coefficient (Wildman–Crippen LogP) is 5.11. The van der Waals surface area contributed by atoms with E-state index in [1.54, 1.807) is 24.3 Å². The molecule has 5 aromatic rings. The minimum Gasteiger partial charge on any atom is -0.329 e. The molecule has 0 aromatic heterocycles. The highest BCUT2D eigenvalue weighted by Crippen LogP contribution is 2.46. The Morgan fingerprint density at radius 1 is 0.561 bits per heavy atom. The Hall–Kier alpha value is -4.40. The number of amides is 4. The topological polar surface area (TPSA) is 104 Å². The number of hydrogen-bond donors (Lipinski definition) is 1. The molecule has 0 fully saturated rings. The van der Waals surface area contributed by atoms with E-state index in [0.29, 0.717) is 46.0 Å². The molecule has 5 aromatic carbocycles. The maximum absolute atomic E-state index is 13.5. The summed E-state index contributed by atoms with van der Waals surface area (Å²) in [5.41, 5.74) is 7.68. The molecule has 0 bridgehead atoms. The minimum atomic E-state index is -0.344. The van der Waals surface area contributed by atoms with Crippen LogP contribution in [0.4, 0.5) is 0 Å². The van der Waals surface area contributed by atoms with Crippen molar-refractivity contribution < 1.29 is 19.2 Å². The first-order chi connectivity index (χ1) is 18.8. The summed E-state index contributed by atoms with van der Waals surface area (Å²) < 4.78 is 0. The molecule has 0 spiro atoms. The predicted molar refractivity (Wildman–Crippen MR) is 164 cm³/mol. The lowest BCUT2D eigenvalue weighted by molar-refractivity contribution is 0.0594. The normalized spacial score (nSPS) is 14.6. The smallest absolute Gasteiger partial charge is 0.261 e. The molecule has 7 rings (SSSR count). The molecule has 0 atom stereocenters. The van der Waals surface area contributed by atoms with Crippen molar-refractivity contribution in [3.63, 3.8) is 0 Å². The zero-order valence-corrected chi connectivity index (χ0v) is 21.7. The van der Waals surface area contributed by atoms with Crippen LogP contribution in [-0.2, 0) is 0 Å². The van der Waals surface area contributed by atoms with E-state index in [0.717, 1.165) is 38.9 Å². The average molecular weight is 551 g/mol. The van der Waals surface area contributed by atoms with Crippen molar-refractivity contribution in [3.8, 4) is 0 Å². The van der Waals surface area contributed by atoms with Crippen LogP contribution in [0.2, 0.25) is 0 Å². The number of carbonyl (C=O) groups excluding carboxylic acids is 4. The third-order valence-electron chi connectivity index (χ3n) is 8.14. The SMILES string of the molecule is C.C.CN(C)CCCN1C(=O)c2ccc3c4ccc5c6c(ccc(c7ccc(c2c37)C1=O)c64)C(=O)N(CCN)C5=O. The van der Waals surface area contributed by atoms with Gasteiger partial charge in [-0.05, 0) is 83.6 Å². The largest absolute Gasteiger partial charge is 0.329 e. The van der Waals surface area contributed by atoms with Gasteiger partial charge in [0.2, 0.25) is 0 Å². The fraction of sp³-hybridized carbons (Fsp3) is 0.273. The van der Waals surface area contributed by atoms with E-state index in [2.05, 4.69) is 0 Å². The molecular weight excluding hydrogens is 516 g/mol. The van der Waals surface area contributed by atoms with Crippen LogP contribution in [0.5, 0.6) is 0 Å². The van der Waals surface area contributed by atoms with Crippen molar-refractivity contribution in [2.45, 2.75) is 21.3 Å². The molecular formula is C33H34N4O4. The van der Waals surface area contributed by atoms with Gasteiger partial charge in [0.1, 0.15) is 0 Å². The van der Waals surface area contributed by atoms with Gasteiger partial charge in [-0.25, -0.2) is 0 Å². The fourth-order valence-electron chi connectivity index (χ4n) is 6.45. The molecule has 0 radical (unpaired) electrons. The highest BCUT2D eigenvalue weighted by molar-refractivity contribution is 6.41. The van der Waals surface area contributed by atoms with Gasteiger partial charge in [-0.1, -0.05) is 39.1 Å². The number of nitrogens with two attached hydrogens (primary N) is 1. The first-order valence-electron chi connectivity index (χ1n) is 13.1. The minimum absolute atomic E-state index is 0. The average Bonchev–Trinajstić information content (AvgIpc) is 2.93. The lowest BCUT2D eigenvalue weighted by atomic mass is 9.82. The first kappa shape index (κ1) is 28.1. The van der Waals surface area contributed by atoms with Gasteiger partial charge in [0.15, 0.2) is 0 Å². The van der Waals surface area contributed by atoms with Crippen LogP contribution in [0.25, 0.3) is 43.1 Å². The third kappa shape index (κ3) is 3.67. The van der Waals surface area contributed by atoms with Crippen molar-refractivity contribution in [1.82, 2.24) is 14.7 Å². The molecule has 4 amide bonds. The summed E-state index contributed by atoms with van der Waals surface area (Å²) in [4.78, 5) is 58.3. The van der Waals surface area contributed by atoms with Crippen molar-refractivity contribution in [2.24, 2.45) is 5.73 Å². The first-order valence-corrected chi connectivity index (χ1v) is 13.1. The summed E-state index contributed by atoms with van der Waals surface area (Å²) in [5.74, 6) is -1.24. The zero-order chi connectivity index (χ0) is 27.2. The maximum atomic E-state index is 13.5. The summed E-state index contributed by atoms with van der Waals surface area (Å²) >= 11 is 0. The summed E-state index contributed by atoms with van der Waals surface area (Å²) in [7, 11) is 3.93. The Morgan fingerprint density at radius 3 is 1.22 bits per heavy atom. The standard InChI is InChI=1S/C31H26N4O4.2CH4/c1-33(2)13-3-14-34-28(36)20-8-4-16-18-6-10-22-27-23(31(39)35(15-12-32)30(22)38)11-7-19(25(18)27)17-5-9-21(29(34)37)26(20)24(16)17;;/h4-11H,3,12-15,32H2,1-2H3;2*1H4. The molecule has 0 aliphatic carbocycles. The van der Waals surface area contributed by atoms with Gasteiger partial charge < -0.3 is 10.6 Å². The van der Waals surface area contributed by atoms with Crippen LogP contribution < -0.4 is 5.73 Å². The van der Waals surface area contributed by atoms with Crippen LogP contribution in [0.15, 0.2) is 48.5 Å². The van der Waals surface area contributed by atoms with E-state index in [1.165, 1.54) is 9.80 Å². The summed E-state index contributed by atoms with van der Waals surface area (Å²) in [6, 6.07) is 14.8. The molecule has 0 saturated carbocycles. The lowest BCUT2D eigenvalue weighted by Crippen LogP contribution is -2.43. The fourth-order valence-corrected chi connectivity index (χ4v) is 6.45. The Morgan fingerprint density at radius 2 is 0.902 bits per heavy atom. The molecule has 0 unspecified atom stereocenters. The Balaban J connectivity index is 0.00000169. The van der Waals surface area contributed by atoms with Gasteiger partial charge in [-0.3, -0.25) is 29.0 Å². The zero-order valence-electron chi connectivity index (χ0n) is 21.7. The van der Waals surface area contributed by atoms with Gasteiger partial charge in [0.25, 0.3) is 23.6 Å². The number of carbonyl (C=O) groups is 4. The van der Waals surface area contributed by atoms with E-state index in [4.69, 9.17) is 5.73 Å². The molecule has 210 valence electrons.